The Bertz CT molecular complexity index is 348. The Balaban J connectivity index is 3.61. The van der Waals surface area contributed by atoms with E-state index >= 15 is 0 Å². The smallest absolute Gasteiger partial charge is 0.128 e. The second kappa shape index (κ2) is 5.18. The van der Waals surface area contributed by atoms with Crippen LogP contribution in [-0.4, -0.2) is 24.4 Å². The Labute approximate surface area is 95.4 Å². The average molecular weight is 226 g/mol. The molecule has 90 valence electrons. The van der Waals surface area contributed by atoms with Gasteiger partial charge in [-0.15, -0.1) is 0 Å². The van der Waals surface area contributed by atoms with Crippen molar-refractivity contribution in [3.8, 4) is 11.5 Å². The molecule has 1 aromatic carbocycles. The lowest BCUT2D eigenvalue weighted by atomic mass is 9.97. The number of benzene rings is 1. The standard InChI is InChI=1S/C12H18O4/c1-7-8(2)12(16-4)10(6-14)9(5-13)11(7)15-3/h13-14H,5-6H2,1-4H3. The van der Waals surface area contributed by atoms with Gasteiger partial charge in [-0.1, -0.05) is 0 Å². The van der Waals surface area contributed by atoms with Crippen molar-refractivity contribution in [2.75, 3.05) is 14.2 Å². The van der Waals surface area contributed by atoms with Crippen molar-refractivity contribution in [2.24, 2.45) is 0 Å². The van der Waals surface area contributed by atoms with E-state index in [1.807, 2.05) is 13.8 Å². The van der Waals surface area contributed by atoms with Gasteiger partial charge in [-0.05, 0) is 25.0 Å². The van der Waals surface area contributed by atoms with Crippen LogP contribution in [0.15, 0.2) is 0 Å². The molecule has 0 radical (unpaired) electrons. The molecular weight excluding hydrogens is 208 g/mol. The van der Waals surface area contributed by atoms with Crippen molar-refractivity contribution in [3.63, 3.8) is 0 Å². The number of rotatable bonds is 4. The van der Waals surface area contributed by atoms with Crippen molar-refractivity contribution in [1.82, 2.24) is 0 Å². The Morgan fingerprint density at radius 1 is 0.812 bits per heavy atom. The number of hydrogen-bond donors (Lipinski definition) is 2. The van der Waals surface area contributed by atoms with Crippen LogP contribution in [0.1, 0.15) is 22.3 Å². The monoisotopic (exact) mass is 226 g/mol. The lowest BCUT2D eigenvalue weighted by molar-refractivity contribution is 0.247. The minimum absolute atomic E-state index is 0.184. The number of ether oxygens (including phenoxy) is 2. The van der Waals surface area contributed by atoms with Gasteiger partial charge in [-0.2, -0.15) is 0 Å². The van der Waals surface area contributed by atoms with Crippen molar-refractivity contribution < 1.29 is 19.7 Å². The molecule has 4 nitrogen and oxygen atoms in total. The molecule has 2 N–H and O–H groups in total. The summed E-state index contributed by atoms with van der Waals surface area (Å²) in [7, 11) is 3.10. The minimum Gasteiger partial charge on any atom is -0.496 e. The minimum atomic E-state index is -0.184. The third kappa shape index (κ3) is 1.86. The number of hydrogen-bond acceptors (Lipinski definition) is 4. The molecule has 0 heterocycles. The maximum Gasteiger partial charge on any atom is 0.128 e. The predicted octanol–water partition coefficient (Wildman–Crippen LogP) is 1.31. The molecular formula is C12H18O4. The van der Waals surface area contributed by atoms with Gasteiger partial charge in [0.2, 0.25) is 0 Å². The van der Waals surface area contributed by atoms with Crippen LogP contribution in [0.25, 0.3) is 0 Å². The molecule has 0 atom stereocenters. The van der Waals surface area contributed by atoms with Gasteiger partial charge in [-0.25, -0.2) is 0 Å². The fourth-order valence-electron chi connectivity index (χ4n) is 1.95. The van der Waals surface area contributed by atoms with E-state index in [9.17, 15) is 10.2 Å². The highest BCUT2D eigenvalue weighted by atomic mass is 16.5. The van der Waals surface area contributed by atoms with E-state index in [0.29, 0.717) is 22.6 Å². The molecule has 0 spiro atoms. The van der Waals surface area contributed by atoms with Gasteiger partial charge >= 0.3 is 0 Å². The zero-order chi connectivity index (χ0) is 12.3. The molecule has 0 saturated heterocycles. The van der Waals surface area contributed by atoms with Gasteiger partial charge in [0.25, 0.3) is 0 Å². The van der Waals surface area contributed by atoms with E-state index in [-0.39, 0.29) is 13.2 Å². The zero-order valence-electron chi connectivity index (χ0n) is 10.1. The van der Waals surface area contributed by atoms with Crippen LogP contribution < -0.4 is 9.47 Å². The second-order valence-corrected chi connectivity index (χ2v) is 3.59. The van der Waals surface area contributed by atoms with Gasteiger partial charge in [0, 0.05) is 11.1 Å². The van der Waals surface area contributed by atoms with Crippen molar-refractivity contribution in [2.45, 2.75) is 27.1 Å². The lowest BCUT2D eigenvalue weighted by Gasteiger charge is -2.20. The van der Waals surface area contributed by atoms with E-state index in [1.165, 1.54) is 0 Å². The lowest BCUT2D eigenvalue weighted by Crippen LogP contribution is -2.06. The summed E-state index contributed by atoms with van der Waals surface area (Å²) in [6.07, 6.45) is 0. The third-order valence-electron chi connectivity index (χ3n) is 2.88. The molecule has 0 unspecified atom stereocenters. The van der Waals surface area contributed by atoms with Crippen molar-refractivity contribution >= 4 is 0 Å². The average Bonchev–Trinajstić information content (AvgIpc) is 2.31. The Morgan fingerprint density at radius 2 is 1.12 bits per heavy atom. The summed E-state index contributed by atoms with van der Waals surface area (Å²) < 4.78 is 10.5. The van der Waals surface area contributed by atoms with Gasteiger partial charge < -0.3 is 19.7 Å². The quantitative estimate of drug-likeness (QED) is 0.812. The first-order valence-corrected chi connectivity index (χ1v) is 5.06. The molecule has 0 fully saturated rings. The highest BCUT2D eigenvalue weighted by Gasteiger charge is 2.19. The molecule has 0 amide bonds. The first-order valence-electron chi connectivity index (χ1n) is 5.06. The van der Waals surface area contributed by atoms with Crippen LogP contribution in [0, 0.1) is 13.8 Å². The van der Waals surface area contributed by atoms with Gasteiger partial charge in [0.1, 0.15) is 11.5 Å². The summed E-state index contributed by atoms with van der Waals surface area (Å²) in [6, 6.07) is 0. The van der Waals surface area contributed by atoms with Crippen molar-refractivity contribution in [1.29, 1.82) is 0 Å². The van der Waals surface area contributed by atoms with E-state index < -0.39 is 0 Å². The Hall–Kier alpha value is -1.26. The fourth-order valence-corrected chi connectivity index (χ4v) is 1.95. The molecule has 0 aliphatic rings. The first kappa shape index (κ1) is 12.8. The van der Waals surface area contributed by atoms with Crippen LogP contribution in [0.2, 0.25) is 0 Å². The highest BCUT2D eigenvalue weighted by Crippen LogP contribution is 2.37. The Kier molecular flexibility index (Phi) is 4.15. The van der Waals surface area contributed by atoms with Gasteiger partial charge in [0.15, 0.2) is 0 Å². The topological polar surface area (TPSA) is 58.9 Å². The molecule has 1 aromatic rings. The number of aliphatic hydroxyl groups excluding tert-OH is 2. The summed E-state index contributed by atoms with van der Waals surface area (Å²) in [6.45, 7) is 3.43. The number of aliphatic hydroxyl groups is 2. The zero-order valence-corrected chi connectivity index (χ0v) is 10.1. The van der Waals surface area contributed by atoms with E-state index in [4.69, 9.17) is 9.47 Å². The van der Waals surface area contributed by atoms with Gasteiger partial charge in [-0.3, -0.25) is 0 Å². The molecule has 1 rings (SSSR count). The normalized spacial score (nSPS) is 10.4. The molecule has 0 aliphatic heterocycles. The fraction of sp³-hybridized carbons (Fsp3) is 0.500. The third-order valence-corrected chi connectivity index (χ3v) is 2.88. The summed E-state index contributed by atoms with van der Waals surface area (Å²) in [4.78, 5) is 0. The highest BCUT2D eigenvalue weighted by molar-refractivity contribution is 5.58. The van der Waals surface area contributed by atoms with Crippen LogP contribution in [0.5, 0.6) is 11.5 Å². The number of methoxy groups -OCH3 is 2. The summed E-state index contributed by atoms with van der Waals surface area (Å²) in [5.41, 5.74) is 3.01. The molecule has 0 aromatic heterocycles. The van der Waals surface area contributed by atoms with Crippen LogP contribution in [0.4, 0.5) is 0 Å². The van der Waals surface area contributed by atoms with Crippen LogP contribution in [-0.2, 0) is 13.2 Å². The molecule has 16 heavy (non-hydrogen) atoms. The second-order valence-electron chi connectivity index (χ2n) is 3.59. The van der Waals surface area contributed by atoms with Crippen LogP contribution in [0.3, 0.4) is 0 Å². The summed E-state index contributed by atoms with van der Waals surface area (Å²) in [5, 5.41) is 18.7. The summed E-state index contributed by atoms with van der Waals surface area (Å²) >= 11 is 0. The van der Waals surface area contributed by atoms with Crippen LogP contribution >= 0.6 is 0 Å². The van der Waals surface area contributed by atoms with Crippen molar-refractivity contribution in [3.05, 3.63) is 22.3 Å². The predicted molar refractivity (Wildman–Crippen MR) is 60.9 cm³/mol. The Morgan fingerprint density at radius 3 is 1.31 bits per heavy atom. The maximum absolute atomic E-state index is 9.35. The molecule has 0 aliphatic carbocycles. The largest absolute Gasteiger partial charge is 0.496 e. The van der Waals surface area contributed by atoms with E-state index in [2.05, 4.69) is 0 Å². The molecule has 4 heteroatoms. The first-order chi connectivity index (χ1) is 7.62. The van der Waals surface area contributed by atoms with Gasteiger partial charge in [0.05, 0.1) is 27.4 Å². The SMILES string of the molecule is COc1c(C)c(C)c(OC)c(CO)c1CO. The maximum atomic E-state index is 9.35. The molecule has 0 bridgehead atoms. The van der Waals surface area contributed by atoms with E-state index in [1.54, 1.807) is 14.2 Å². The summed E-state index contributed by atoms with van der Waals surface area (Å²) in [5.74, 6) is 1.23. The van der Waals surface area contributed by atoms with E-state index in [0.717, 1.165) is 11.1 Å². The molecule has 0 saturated carbocycles.